The van der Waals surface area contributed by atoms with Gasteiger partial charge in [0.1, 0.15) is 0 Å². The summed E-state index contributed by atoms with van der Waals surface area (Å²) in [6.07, 6.45) is 3.87. The van der Waals surface area contributed by atoms with E-state index in [0.717, 1.165) is 23.5 Å². The van der Waals surface area contributed by atoms with E-state index in [2.05, 4.69) is 36.5 Å². The van der Waals surface area contributed by atoms with Crippen LogP contribution < -0.4 is 10.6 Å². The second-order valence-electron chi connectivity index (χ2n) is 6.02. The molecule has 0 saturated heterocycles. The molecule has 0 radical (unpaired) electrons. The minimum atomic E-state index is -0.0623. The number of hydrogen-bond acceptors (Lipinski definition) is 3. The van der Waals surface area contributed by atoms with Crippen LogP contribution in [0.2, 0.25) is 0 Å². The Morgan fingerprint density at radius 3 is 2.73 bits per heavy atom. The molecule has 22 heavy (non-hydrogen) atoms. The number of rotatable bonds is 6. The fourth-order valence-electron chi connectivity index (χ4n) is 2.33. The molecule has 1 aromatic carbocycles. The van der Waals surface area contributed by atoms with E-state index < -0.39 is 0 Å². The molecule has 0 fully saturated rings. The predicted molar refractivity (Wildman–Crippen MR) is 89.8 cm³/mol. The normalized spacial score (nSPS) is 12.2. The molecule has 1 aromatic heterocycles. The summed E-state index contributed by atoms with van der Waals surface area (Å²) in [5.74, 6) is 0.507. The van der Waals surface area contributed by atoms with Gasteiger partial charge in [-0.05, 0) is 30.5 Å². The van der Waals surface area contributed by atoms with Crippen LogP contribution in [0.25, 0.3) is 0 Å². The number of hydrogen-bond donors (Lipinski definition) is 2. The van der Waals surface area contributed by atoms with E-state index in [9.17, 15) is 4.79 Å². The molecule has 5 heteroatoms. The molecule has 0 aliphatic carbocycles. The zero-order chi connectivity index (χ0) is 16.1. The van der Waals surface area contributed by atoms with E-state index in [0.29, 0.717) is 5.92 Å². The average Bonchev–Trinajstić information content (AvgIpc) is 2.84. The van der Waals surface area contributed by atoms with E-state index in [-0.39, 0.29) is 11.9 Å². The zero-order valence-electron chi connectivity index (χ0n) is 13.6. The van der Waals surface area contributed by atoms with Crippen LogP contribution in [0.3, 0.4) is 0 Å². The van der Waals surface area contributed by atoms with E-state index in [1.54, 1.807) is 0 Å². The Labute approximate surface area is 131 Å². The topological polar surface area (TPSA) is 59.0 Å². The molecule has 2 N–H and O–H groups in total. The lowest BCUT2D eigenvalue weighted by Gasteiger charge is -2.15. The average molecular weight is 300 g/mol. The first-order valence-electron chi connectivity index (χ1n) is 7.60. The van der Waals surface area contributed by atoms with Gasteiger partial charge in [0.2, 0.25) is 5.91 Å². The van der Waals surface area contributed by atoms with Gasteiger partial charge in [-0.2, -0.15) is 5.10 Å². The van der Waals surface area contributed by atoms with Crippen molar-refractivity contribution in [2.75, 3.05) is 10.6 Å². The summed E-state index contributed by atoms with van der Waals surface area (Å²) in [6, 6.07) is 7.99. The van der Waals surface area contributed by atoms with Crippen LogP contribution >= 0.6 is 0 Å². The van der Waals surface area contributed by atoms with Gasteiger partial charge in [0.05, 0.1) is 11.9 Å². The number of carbonyl (C=O) groups excluding carboxylic acids is 1. The van der Waals surface area contributed by atoms with Crippen molar-refractivity contribution in [1.29, 1.82) is 0 Å². The van der Waals surface area contributed by atoms with E-state index in [4.69, 9.17) is 0 Å². The first-order chi connectivity index (χ1) is 10.4. The Morgan fingerprint density at radius 2 is 2.05 bits per heavy atom. The van der Waals surface area contributed by atoms with Gasteiger partial charge in [0, 0.05) is 31.4 Å². The Bertz CT molecular complexity index is 633. The van der Waals surface area contributed by atoms with Crippen LogP contribution in [-0.2, 0) is 11.3 Å². The van der Waals surface area contributed by atoms with E-state index in [1.807, 2.05) is 41.3 Å². The van der Waals surface area contributed by atoms with Crippen molar-refractivity contribution in [1.82, 2.24) is 9.78 Å². The fraction of sp³-hybridized carbons (Fsp3) is 0.412. The lowest BCUT2D eigenvalue weighted by atomic mass is 10.1. The van der Waals surface area contributed by atoms with Gasteiger partial charge in [-0.1, -0.05) is 26.0 Å². The van der Waals surface area contributed by atoms with Crippen molar-refractivity contribution in [2.45, 2.75) is 40.3 Å². The zero-order valence-corrected chi connectivity index (χ0v) is 13.6. The van der Waals surface area contributed by atoms with Crippen LogP contribution in [-0.4, -0.2) is 15.7 Å². The second-order valence-corrected chi connectivity index (χ2v) is 6.02. The standard InChI is InChI=1S/C17H24N4O/c1-12(2)10-21-11-17(9-18-21)19-13(3)15-6-5-7-16(8-15)20-14(4)22/h5-9,11-13,19H,10H2,1-4H3,(H,20,22)/t13-/m0/s1. The lowest BCUT2D eigenvalue weighted by Crippen LogP contribution is -2.09. The summed E-state index contributed by atoms with van der Waals surface area (Å²) in [5, 5.41) is 10.6. The molecule has 2 aromatic rings. The summed E-state index contributed by atoms with van der Waals surface area (Å²) in [7, 11) is 0. The number of anilines is 2. The minimum absolute atomic E-state index is 0.0623. The molecular formula is C17H24N4O. The SMILES string of the molecule is CC(=O)Nc1cccc([C@H](C)Nc2cnn(CC(C)C)c2)c1. The van der Waals surface area contributed by atoms with Crippen LogP contribution in [0.5, 0.6) is 0 Å². The van der Waals surface area contributed by atoms with Crippen LogP contribution in [0.4, 0.5) is 11.4 Å². The third-order valence-electron chi connectivity index (χ3n) is 3.28. The number of benzene rings is 1. The maximum atomic E-state index is 11.1. The molecule has 0 aliphatic heterocycles. The first-order valence-corrected chi connectivity index (χ1v) is 7.60. The van der Waals surface area contributed by atoms with Gasteiger partial charge in [-0.3, -0.25) is 9.48 Å². The Hall–Kier alpha value is -2.30. The summed E-state index contributed by atoms with van der Waals surface area (Å²) in [5.41, 5.74) is 2.93. The maximum absolute atomic E-state index is 11.1. The van der Waals surface area contributed by atoms with Crippen molar-refractivity contribution < 1.29 is 4.79 Å². The second kappa shape index (κ2) is 7.11. The molecule has 1 atom stereocenters. The minimum Gasteiger partial charge on any atom is -0.376 e. The smallest absolute Gasteiger partial charge is 0.221 e. The first kappa shape index (κ1) is 16.1. The molecule has 2 rings (SSSR count). The van der Waals surface area contributed by atoms with E-state index >= 15 is 0 Å². The Balaban J connectivity index is 2.03. The van der Waals surface area contributed by atoms with Crippen molar-refractivity contribution >= 4 is 17.3 Å². The monoisotopic (exact) mass is 300 g/mol. The van der Waals surface area contributed by atoms with Crippen molar-refractivity contribution in [3.05, 3.63) is 42.2 Å². The van der Waals surface area contributed by atoms with Gasteiger partial charge in [0.15, 0.2) is 0 Å². The summed E-state index contributed by atoms with van der Waals surface area (Å²) >= 11 is 0. The van der Waals surface area contributed by atoms with Gasteiger partial charge in [-0.25, -0.2) is 0 Å². The highest BCUT2D eigenvalue weighted by atomic mass is 16.1. The molecule has 1 amide bonds. The van der Waals surface area contributed by atoms with Gasteiger partial charge >= 0.3 is 0 Å². The fourth-order valence-corrected chi connectivity index (χ4v) is 2.33. The molecule has 0 spiro atoms. The summed E-state index contributed by atoms with van der Waals surface area (Å²) < 4.78 is 1.95. The number of nitrogens with zero attached hydrogens (tertiary/aromatic N) is 2. The third kappa shape index (κ3) is 4.62. The molecule has 118 valence electrons. The highest BCUT2D eigenvalue weighted by Crippen LogP contribution is 2.21. The molecule has 1 heterocycles. The number of carbonyl (C=O) groups is 1. The molecule has 5 nitrogen and oxygen atoms in total. The Kier molecular flexibility index (Phi) is 5.20. The summed E-state index contributed by atoms with van der Waals surface area (Å²) in [6.45, 7) is 8.86. The quantitative estimate of drug-likeness (QED) is 0.855. The van der Waals surface area contributed by atoms with Crippen molar-refractivity contribution in [3.63, 3.8) is 0 Å². The molecule has 0 saturated carbocycles. The molecule has 0 unspecified atom stereocenters. The van der Waals surface area contributed by atoms with Crippen LogP contribution in [0, 0.1) is 5.92 Å². The molecular weight excluding hydrogens is 276 g/mol. The maximum Gasteiger partial charge on any atom is 0.221 e. The van der Waals surface area contributed by atoms with Gasteiger partial charge in [-0.15, -0.1) is 0 Å². The molecule has 0 bridgehead atoms. The van der Waals surface area contributed by atoms with E-state index in [1.165, 1.54) is 6.92 Å². The van der Waals surface area contributed by atoms with Gasteiger partial charge in [0.25, 0.3) is 0 Å². The third-order valence-corrected chi connectivity index (χ3v) is 3.28. The highest BCUT2D eigenvalue weighted by Gasteiger charge is 2.08. The predicted octanol–water partition coefficient (Wildman–Crippen LogP) is 3.67. The largest absolute Gasteiger partial charge is 0.376 e. The van der Waals surface area contributed by atoms with Crippen LogP contribution in [0.15, 0.2) is 36.7 Å². The Morgan fingerprint density at radius 1 is 1.27 bits per heavy atom. The van der Waals surface area contributed by atoms with Gasteiger partial charge < -0.3 is 10.6 Å². The molecule has 0 aliphatic rings. The number of aromatic nitrogens is 2. The van der Waals surface area contributed by atoms with Crippen molar-refractivity contribution in [3.8, 4) is 0 Å². The lowest BCUT2D eigenvalue weighted by molar-refractivity contribution is -0.114. The van der Waals surface area contributed by atoms with Crippen LogP contribution in [0.1, 0.15) is 39.3 Å². The highest BCUT2D eigenvalue weighted by molar-refractivity contribution is 5.88. The summed E-state index contributed by atoms with van der Waals surface area (Å²) in [4.78, 5) is 11.1. The van der Waals surface area contributed by atoms with Crippen molar-refractivity contribution in [2.24, 2.45) is 5.92 Å². The number of amides is 1. The number of nitrogens with one attached hydrogen (secondary N) is 2.